The number of rotatable bonds is 2. The van der Waals surface area contributed by atoms with Crippen LogP contribution in [0.5, 0.6) is 0 Å². The van der Waals surface area contributed by atoms with Gasteiger partial charge < -0.3 is 0 Å². The van der Waals surface area contributed by atoms with Crippen LogP contribution in [0, 0.1) is 0 Å². The third-order valence-electron chi connectivity index (χ3n) is 3.10. The zero-order valence-electron chi connectivity index (χ0n) is 9.39. The molecule has 2 aromatic rings. The Morgan fingerprint density at radius 3 is 1.76 bits per heavy atom. The lowest BCUT2D eigenvalue weighted by atomic mass is 9.79. The maximum absolute atomic E-state index is 11.8. The maximum Gasteiger partial charge on any atom is 0.168 e. The molecule has 1 aliphatic rings. The zero-order chi connectivity index (χ0) is 11.7. The van der Waals surface area contributed by atoms with Crippen molar-refractivity contribution in [2.45, 2.75) is 6.42 Å². The molecule has 0 fully saturated rings. The molecule has 3 rings (SSSR count). The minimum Gasteiger partial charge on any atom is -0.294 e. The first-order chi connectivity index (χ1) is 8.36. The molecule has 0 unspecified atom stereocenters. The average Bonchev–Trinajstić information content (AvgIpc) is 2.38. The second kappa shape index (κ2) is 4.02. The lowest BCUT2D eigenvalue weighted by Crippen LogP contribution is -2.15. The highest BCUT2D eigenvalue weighted by atomic mass is 16.1. The van der Waals surface area contributed by atoms with Crippen molar-refractivity contribution in [3.63, 3.8) is 0 Å². The average molecular weight is 220 g/mol. The SMILES string of the molecule is O=C1CC(c2ccccc2)=C1c1ccccc1. The quantitative estimate of drug-likeness (QED) is 0.756. The number of carbonyl (C=O) groups is 1. The van der Waals surface area contributed by atoms with E-state index in [4.69, 9.17) is 0 Å². The molecule has 1 heteroatoms. The molecule has 82 valence electrons. The summed E-state index contributed by atoms with van der Waals surface area (Å²) >= 11 is 0. The molecule has 0 aromatic heterocycles. The van der Waals surface area contributed by atoms with Crippen LogP contribution in [0.15, 0.2) is 60.7 Å². The summed E-state index contributed by atoms with van der Waals surface area (Å²) in [7, 11) is 0. The van der Waals surface area contributed by atoms with E-state index in [1.165, 1.54) is 5.57 Å². The Balaban J connectivity index is 2.11. The van der Waals surface area contributed by atoms with Gasteiger partial charge in [0.2, 0.25) is 0 Å². The Morgan fingerprint density at radius 1 is 0.706 bits per heavy atom. The first kappa shape index (κ1) is 10.0. The molecule has 0 bridgehead atoms. The lowest BCUT2D eigenvalue weighted by molar-refractivity contribution is -0.113. The van der Waals surface area contributed by atoms with Gasteiger partial charge in [0.15, 0.2) is 5.78 Å². The predicted octanol–water partition coefficient (Wildman–Crippen LogP) is 3.57. The van der Waals surface area contributed by atoms with Crippen LogP contribution in [0.2, 0.25) is 0 Å². The van der Waals surface area contributed by atoms with Crippen molar-refractivity contribution in [2.75, 3.05) is 0 Å². The first-order valence-electron chi connectivity index (χ1n) is 5.73. The van der Waals surface area contributed by atoms with Crippen molar-refractivity contribution in [3.05, 3.63) is 71.8 Å². The summed E-state index contributed by atoms with van der Waals surface area (Å²) in [6, 6.07) is 20.0. The summed E-state index contributed by atoms with van der Waals surface area (Å²) in [4.78, 5) is 11.8. The van der Waals surface area contributed by atoms with Gasteiger partial charge in [0.1, 0.15) is 0 Å². The van der Waals surface area contributed by atoms with Crippen molar-refractivity contribution in [3.8, 4) is 0 Å². The molecule has 0 N–H and O–H groups in total. The standard InChI is InChI=1S/C16H12O/c17-15-11-14(12-7-3-1-4-8-12)16(15)13-9-5-2-6-10-13/h1-10H,11H2. The van der Waals surface area contributed by atoms with Gasteiger partial charge in [0.05, 0.1) is 0 Å². The van der Waals surface area contributed by atoms with Gasteiger partial charge in [0.25, 0.3) is 0 Å². The lowest BCUT2D eigenvalue weighted by Gasteiger charge is -2.23. The summed E-state index contributed by atoms with van der Waals surface area (Å²) in [6.07, 6.45) is 0.564. The fraction of sp³-hybridized carbons (Fsp3) is 0.0625. The van der Waals surface area contributed by atoms with E-state index in [9.17, 15) is 4.79 Å². The van der Waals surface area contributed by atoms with Crippen LogP contribution in [-0.4, -0.2) is 5.78 Å². The topological polar surface area (TPSA) is 17.1 Å². The van der Waals surface area contributed by atoms with Crippen molar-refractivity contribution in [1.82, 2.24) is 0 Å². The van der Waals surface area contributed by atoms with E-state index in [1.54, 1.807) is 0 Å². The van der Waals surface area contributed by atoms with Crippen molar-refractivity contribution < 1.29 is 4.79 Å². The van der Waals surface area contributed by atoms with Crippen LogP contribution in [0.25, 0.3) is 11.1 Å². The smallest absolute Gasteiger partial charge is 0.168 e. The molecule has 0 saturated heterocycles. The zero-order valence-corrected chi connectivity index (χ0v) is 9.39. The second-order valence-electron chi connectivity index (χ2n) is 4.19. The Kier molecular flexibility index (Phi) is 2.37. The molecule has 2 aromatic carbocycles. The summed E-state index contributed by atoms with van der Waals surface area (Å²) in [5.41, 5.74) is 4.24. The minimum absolute atomic E-state index is 0.245. The molecular formula is C16H12O. The Bertz CT molecular complexity index is 579. The number of allylic oxidation sites excluding steroid dienone is 2. The summed E-state index contributed by atoms with van der Waals surface area (Å²) in [5, 5.41) is 0. The highest BCUT2D eigenvalue weighted by Crippen LogP contribution is 2.39. The minimum atomic E-state index is 0.245. The largest absolute Gasteiger partial charge is 0.294 e. The predicted molar refractivity (Wildman–Crippen MR) is 69.3 cm³/mol. The fourth-order valence-electron chi connectivity index (χ4n) is 2.22. The van der Waals surface area contributed by atoms with Crippen LogP contribution in [0.3, 0.4) is 0 Å². The van der Waals surface area contributed by atoms with Crippen molar-refractivity contribution >= 4 is 16.9 Å². The van der Waals surface area contributed by atoms with Crippen molar-refractivity contribution in [2.24, 2.45) is 0 Å². The van der Waals surface area contributed by atoms with E-state index in [2.05, 4.69) is 12.1 Å². The number of carbonyl (C=O) groups excluding carboxylic acids is 1. The first-order valence-corrected chi connectivity index (χ1v) is 5.73. The maximum atomic E-state index is 11.8. The third kappa shape index (κ3) is 1.70. The molecule has 1 aliphatic carbocycles. The van der Waals surface area contributed by atoms with E-state index >= 15 is 0 Å². The number of hydrogen-bond donors (Lipinski definition) is 0. The Labute approximate surface area is 100 Å². The molecule has 0 amide bonds. The van der Waals surface area contributed by atoms with Crippen LogP contribution in [0.4, 0.5) is 0 Å². The normalized spacial score (nSPS) is 14.7. The molecule has 0 heterocycles. The Hall–Kier alpha value is -2.15. The fourth-order valence-corrected chi connectivity index (χ4v) is 2.22. The van der Waals surface area contributed by atoms with Crippen molar-refractivity contribution in [1.29, 1.82) is 0 Å². The molecule has 1 nitrogen and oxygen atoms in total. The van der Waals surface area contributed by atoms with Crippen LogP contribution in [-0.2, 0) is 4.79 Å². The van der Waals surface area contributed by atoms with Gasteiger partial charge in [-0.1, -0.05) is 60.7 Å². The number of hydrogen-bond acceptors (Lipinski definition) is 1. The molecular weight excluding hydrogens is 208 g/mol. The second-order valence-corrected chi connectivity index (χ2v) is 4.19. The van der Waals surface area contributed by atoms with E-state index in [0.717, 1.165) is 16.7 Å². The molecule has 0 atom stereocenters. The van der Waals surface area contributed by atoms with Gasteiger partial charge in [-0.15, -0.1) is 0 Å². The molecule has 0 saturated carbocycles. The molecule has 0 radical (unpaired) electrons. The van der Waals surface area contributed by atoms with Gasteiger partial charge >= 0.3 is 0 Å². The Morgan fingerprint density at radius 2 is 1.24 bits per heavy atom. The molecule has 0 aliphatic heterocycles. The molecule has 17 heavy (non-hydrogen) atoms. The molecule has 0 spiro atoms. The van der Waals surface area contributed by atoms with Gasteiger partial charge in [-0.3, -0.25) is 4.79 Å². The van der Waals surface area contributed by atoms with E-state index in [-0.39, 0.29) is 5.78 Å². The van der Waals surface area contributed by atoms with E-state index < -0.39 is 0 Å². The van der Waals surface area contributed by atoms with Crippen LogP contribution < -0.4 is 0 Å². The number of ketones is 1. The monoisotopic (exact) mass is 220 g/mol. The number of Topliss-reactive ketones (excluding diaryl/α,β-unsaturated/α-hetero) is 1. The highest BCUT2D eigenvalue weighted by Gasteiger charge is 2.28. The number of benzene rings is 2. The van der Waals surface area contributed by atoms with Crippen LogP contribution >= 0.6 is 0 Å². The highest BCUT2D eigenvalue weighted by molar-refractivity contribution is 6.38. The van der Waals surface area contributed by atoms with Gasteiger partial charge in [-0.2, -0.15) is 0 Å². The summed E-state index contributed by atoms with van der Waals surface area (Å²) < 4.78 is 0. The van der Waals surface area contributed by atoms with Crippen LogP contribution in [0.1, 0.15) is 17.5 Å². The van der Waals surface area contributed by atoms with Gasteiger partial charge in [-0.25, -0.2) is 0 Å². The third-order valence-corrected chi connectivity index (χ3v) is 3.10. The summed E-state index contributed by atoms with van der Waals surface area (Å²) in [6.45, 7) is 0. The van der Waals surface area contributed by atoms with E-state index in [0.29, 0.717) is 6.42 Å². The summed E-state index contributed by atoms with van der Waals surface area (Å²) in [5.74, 6) is 0.245. The van der Waals surface area contributed by atoms with Gasteiger partial charge in [-0.05, 0) is 16.7 Å². The van der Waals surface area contributed by atoms with E-state index in [1.807, 2.05) is 48.5 Å². The van der Waals surface area contributed by atoms with Gasteiger partial charge in [0, 0.05) is 12.0 Å².